The molecule has 3 rings (SSSR count). The predicted octanol–water partition coefficient (Wildman–Crippen LogP) is 2.09. The van der Waals surface area contributed by atoms with E-state index in [4.69, 9.17) is 9.26 Å². The van der Waals surface area contributed by atoms with Gasteiger partial charge in [-0.1, -0.05) is 35.5 Å². The van der Waals surface area contributed by atoms with E-state index in [1.165, 1.54) is 0 Å². The van der Waals surface area contributed by atoms with Crippen molar-refractivity contribution >= 4 is 0 Å². The molecule has 6 heteroatoms. The normalized spacial score (nSPS) is 20.0. The average Bonchev–Trinajstić information content (AvgIpc) is 3.17. The van der Waals surface area contributed by atoms with Crippen molar-refractivity contribution in [3.8, 4) is 0 Å². The molecule has 0 spiro atoms. The molecule has 1 fully saturated rings. The molecular weight excluding hydrogens is 294 g/mol. The van der Waals surface area contributed by atoms with E-state index in [0.29, 0.717) is 25.6 Å². The highest BCUT2D eigenvalue weighted by Gasteiger charge is 2.30. The highest BCUT2D eigenvalue weighted by atomic mass is 16.5. The third-order valence-electron chi connectivity index (χ3n) is 4.07. The fraction of sp³-hybridized carbons (Fsp3) is 0.529. The number of aromatic nitrogens is 2. The van der Waals surface area contributed by atoms with Crippen LogP contribution in [0.2, 0.25) is 0 Å². The minimum atomic E-state index is -0.521. The SMILES string of the molecule is Cc1nc([C@@H]2CCCN2C[C@H](O)COCc2ccccc2)no1. The van der Waals surface area contributed by atoms with Gasteiger partial charge in [0.2, 0.25) is 5.89 Å². The highest BCUT2D eigenvalue weighted by Crippen LogP contribution is 2.30. The van der Waals surface area contributed by atoms with Crippen LogP contribution in [0.5, 0.6) is 0 Å². The van der Waals surface area contributed by atoms with E-state index >= 15 is 0 Å². The zero-order chi connectivity index (χ0) is 16.1. The summed E-state index contributed by atoms with van der Waals surface area (Å²) in [6.45, 7) is 4.14. The number of aliphatic hydroxyl groups excluding tert-OH is 1. The van der Waals surface area contributed by atoms with Crippen molar-refractivity contribution in [2.75, 3.05) is 19.7 Å². The zero-order valence-electron chi connectivity index (χ0n) is 13.4. The second-order valence-corrected chi connectivity index (χ2v) is 5.98. The molecule has 1 aromatic carbocycles. The lowest BCUT2D eigenvalue weighted by atomic mass is 10.2. The fourth-order valence-electron chi connectivity index (χ4n) is 3.00. The van der Waals surface area contributed by atoms with Crippen molar-refractivity contribution in [1.29, 1.82) is 0 Å². The van der Waals surface area contributed by atoms with E-state index in [0.717, 1.165) is 30.8 Å². The van der Waals surface area contributed by atoms with E-state index < -0.39 is 6.10 Å². The molecule has 1 aliphatic rings. The summed E-state index contributed by atoms with van der Waals surface area (Å²) < 4.78 is 10.7. The Morgan fingerprint density at radius 3 is 2.96 bits per heavy atom. The van der Waals surface area contributed by atoms with E-state index in [-0.39, 0.29) is 6.04 Å². The third kappa shape index (κ3) is 4.37. The maximum Gasteiger partial charge on any atom is 0.223 e. The maximum atomic E-state index is 10.2. The summed E-state index contributed by atoms with van der Waals surface area (Å²) in [6, 6.07) is 10.1. The molecular formula is C17H23N3O3. The highest BCUT2D eigenvalue weighted by molar-refractivity contribution is 5.13. The van der Waals surface area contributed by atoms with Crippen molar-refractivity contribution in [3.63, 3.8) is 0 Å². The Hall–Kier alpha value is -1.76. The molecule has 1 N–H and O–H groups in total. The number of hydrogen-bond acceptors (Lipinski definition) is 6. The van der Waals surface area contributed by atoms with Gasteiger partial charge < -0.3 is 14.4 Å². The van der Waals surface area contributed by atoms with Gasteiger partial charge >= 0.3 is 0 Å². The number of hydrogen-bond donors (Lipinski definition) is 1. The summed E-state index contributed by atoms with van der Waals surface area (Å²) in [7, 11) is 0. The van der Waals surface area contributed by atoms with Gasteiger partial charge in [0.05, 0.1) is 25.4 Å². The molecule has 2 aromatic rings. The van der Waals surface area contributed by atoms with Gasteiger partial charge in [0.1, 0.15) is 0 Å². The molecule has 0 amide bonds. The van der Waals surface area contributed by atoms with Crippen LogP contribution in [0.4, 0.5) is 0 Å². The number of aliphatic hydroxyl groups is 1. The second kappa shape index (κ2) is 7.68. The molecule has 1 aromatic heterocycles. The quantitative estimate of drug-likeness (QED) is 0.843. The van der Waals surface area contributed by atoms with Crippen LogP contribution >= 0.6 is 0 Å². The first-order chi connectivity index (χ1) is 11.2. The minimum Gasteiger partial charge on any atom is -0.389 e. The lowest BCUT2D eigenvalue weighted by Gasteiger charge is -2.24. The summed E-state index contributed by atoms with van der Waals surface area (Å²) in [4.78, 5) is 6.53. The molecule has 0 unspecified atom stereocenters. The van der Waals surface area contributed by atoms with Crippen molar-refractivity contribution in [1.82, 2.24) is 15.0 Å². The van der Waals surface area contributed by atoms with Crippen LogP contribution in [0.25, 0.3) is 0 Å². The Bertz CT molecular complexity index is 602. The van der Waals surface area contributed by atoms with Crippen LogP contribution in [0, 0.1) is 6.92 Å². The van der Waals surface area contributed by atoms with Crippen molar-refractivity contribution in [2.24, 2.45) is 0 Å². The predicted molar refractivity (Wildman–Crippen MR) is 84.7 cm³/mol. The Labute approximate surface area is 136 Å². The molecule has 0 aliphatic carbocycles. The average molecular weight is 317 g/mol. The second-order valence-electron chi connectivity index (χ2n) is 5.98. The van der Waals surface area contributed by atoms with Crippen LogP contribution in [0.3, 0.4) is 0 Å². The minimum absolute atomic E-state index is 0.135. The largest absolute Gasteiger partial charge is 0.389 e. The van der Waals surface area contributed by atoms with Crippen molar-refractivity contribution in [2.45, 2.75) is 38.5 Å². The van der Waals surface area contributed by atoms with Gasteiger partial charge in [0.25, 0.3) is 0 Å². The Balaban J connectivity index is 1.46. The molecule has 0 saturated carbocycles. The molecule has 2 heterocycles. The summed E-state index contributed by atoms with van der Waals surface area (Å²) in [5.74, 6) is 1.30. The van der Waals surface area contributed by atoms with E-state index in [1.807, 2.05) is 30.3 Å². The van der Waals surface area contributed by atoms with Crippen LogP contribution in [0.15, 0.2) is 34.9 Å². The van der Waals surface area contributed by atoms with E-state index in [1.54, 1.807) is 6.92 Å². The summed E-state index contributed by atoms with van der Waals surface area (Å²) >= 11 is 0. The lowest BCUT2D eigenvalue weighted by molar-refractivity contribution is 0.00710. The third-order valence-corrected chi connectivity index (χ3v) is 4.07. The lowest BCUT2D eigenvalue weighted by Crippen LogP contribution is -2.35. The topological polar surface area (TPSA) is 71.6 Å². The van der Waals surface area contributed by atoms with Gasteiger partial charge in [-0.25, -0.2) is 0 Å². The fourth-order valence-corrected chi connectivity index (χ4v) is 3.00. The van der Waals surface area contributed by atoms with Gasteiger partial charge in [-0.15, -0.1) is 0 Å². The Kier molecular flexibility index (Phi) is 5.38. The maximum absolute atomic E-state index is 10.2. The molecule has 124 valence electrons. The molecule has 0 radical (unpaired) electrons. The number of β-amino-alcohol motifs (C(OH)–C–C–N with tert-alkyl or cyclic N) is 1. The van der Waals surface area contributed by atoms with Gasteiger partial charge in [-0.3, -0.25) is 4.90 Å². The summed E-state index contributed by atoms with van der Waals surface area (Å²) in [6.07, 6.45) is 1.55. The Morgan fingerprint density at radius 2 is 2.22 bits per heavy atom. The number of ether oxygens (including phenoxy) is 1. The number of nitrogens with zero attached hydrogens (tertiary/aromatic N) is 3. The first-order valence-electron chi connectivity index (χ1n) is 8.06. The Morgan fingerprint density at radius 1 is 1.39 bits per heavy atom. The molecule has 6 nitrogen and oxygen atoms in total. The van der Waals surface area contributed by atoms with Crippen LogP contribution in [0.1, 0.15) is 36.2 Å². The number of benzene rings is 1. The van der Waals surface area contributed by atoms with Crippen LogP contribution in [-0.4, -0.2) is 45.9 Å². The first kappa shape index (κ1) is 16.1. The number of rotatable bonds is 7. The molecule has 1 aliphatic heterocycles. The van der Waals surface area contributed by atoms with E-state index in [9.17, 15) is 5.11 Å². The van der Waals surface area contributed by atoms with Crippen LogP contribution in [-0.2, 0) is 11.3 Å². The molecule has 2 atom stereocenters. The van der Waals surface area contributed by atoms with Gasteiger partial charge in [0.15, 0.2) is 5.82 Å². The summed E-state index contributed by atoms with van der Waals surface area (Å²) in [5, 5.41) is 14.2. The zero-order valence-corrected chi connectivity index (χ0v) is 13.4. The standard InChI is InChI=1S/C17H23N3O3/c1-13-18-17(19-23-13)16-8-5-9-20(16)10-15(21)12-22-11-14-6-3-2-4-7-14/h2-4,6-7,15-16,21H,5,8-12H2,1H3/t15-,16-/m0/s1. The molecule has 0 bridgehead atoms. The van der Waals surface area contributed by atoms with Crippen LogP contribution < -0.4 is 0 Å². The number of aryl methyl sites for hydroxylation is 1. The van der Waals surface area contributed by atoms with Crippen molar-refractivity contribution in [3.05, 3.63) is 47.6 Å². The van der Waals surface area contributed by atoms with Crippen molar-refractivity contribution < 1.29 is 14.4 Å². The first-order valence-corrected chi connectivity index (χ1v) is 8.06. The van der Waals surface area contributed by atoms with E-state index in [2.05, 4.69) is 15.0 Å². The molecule has 1 saturated heterocycles. The monoisotopic (exact) mass is 317 g/mol. The van der Waals surface area contributed by atoms with Gasteiger partial charge in [-0.05, 0) is 24.9 Å². The number of likely N-dealkylation sites (tertiary alicyclic amines) is 1. The van der Waals surface area contributed by atoms with Gasteiger partial charge in [0, 0.05) is 13.5 Å². The smallest absolute Gasteiger partial charge is 0.223 e. The summed E-state index contributed by atoms with van der Waals surface area (Å²) in [5.41, 5.74) is 1.11. The molecule has 23 heavy (non-hydrogen) atoms. The van der Waals surface area contributed by atoms with Gasteiger partial charge in [-0.2, -0.15) is 4.98 Å².